The summed E-state index contributed by atoms with van der Waals surface area (Å²) in [5.74, 6) is 0.511. The van der Waals surface area contributed by atoms with E-state index >= 15 is 0 Å². The molecule has 1 aliphatic carbocycles. The van der Waals surface area contributed by atoms with E-state index in [0.717, 1.165) is 63.7 Å². The van der Waals surface area contributed by atoms with Gasteiger partial charge in [-0.3, -0.25) is 14.5 Å². The second-order valence-electron chi connectivity index (χ2n) is 10.0. The highest BCUT2D eigenvalue weighted by Gasteiger charge is 2.63. The van der Waals surface area contributed by atoms with E-state index in [1.54, 1.807) is 0 Å². The van der Waals surface area contributed by atoms with Crippen LogP contribution in [-0.4, -0.2) is 53.3 Å². The Hall–Kier alpha value is -1.95. The van der Waals surface area contributed by atoms with Gasteiger partial charge in [-0.05, 0) is 76.2 Å². The molecular formula is C25H36FN3O2. The number of rotatable bonds is 6. The Morgan fingerprint density at radius 3 is 2.39 bits per heavy atom. The van der Waals surface area contributed by atoms with Gasteiger partial charge < -0.3 is 10.2 Å². The number of β-lactam (4-membered cyclic amide) rings is 1. The van der Waals surface area contributed by atoms with Crippen molar-refractivity contribution in [3.63, 3.8) is 0 Å². The van der Waals surface area contributed by atoms with Gasteiger partial charge in [0.2, 0.25) is 11.8 Å². The van der Waals surface area contributed by atoms with Crippen molar-refractivity contribution in [2.75, 3.05) is 19.6 Å². The van der Waals surface area contributed by atoms with Gasteiger partial charge in [0.15, 0.2) is 0 Å². The maximum Gasteiger partial charge on any atom is 0.243 e. The summed E-state index contributed by atoms with van der Waals surface area (Å²) >= 11 is 0. The first-order valence-corrected chi connectivity index (χ1v) is 12.0. The molecule has 1 aromatic rings. The molecule has 1 N–H and O–H groups in total. The van der Waals surface area contributed by atoms with Crippen LogP contribution in [-0.2, 0) is 16.1 Å². The van der Waals surface area contributed by atoms with Crippen molar-refractivity contribution >= 4 is 11.8 Å². The highest BCUT2D eigenvalue weighted by atomic mass is 19.1. The number of carbonyl (C=O) groups excluding carboxylic acids is 2. The molecule has 2 heterocycles. The third kappa shape index (κ3) is 4.50. The molecule has 1 atom stereocenters. The van der Waals surface area contributed by atoms with Crippen molar-refractivity contribution in [2.24, 2.45) is 11.3 Å². The molecule has 1 spiro atoms. The van der Waals surface area contributed by atoms with E-state index in [1.165, 1.54) is 18.6 Å². The first-order chi connectivity index (χ1) is 14.9. The maximum atomic E-state index is 13.2. The molecule has 31 heavy (non-hydrogen) atoms. The zero-order chi connectivity index (χ0) is 22.0. The molecule has 1 saturated carbocycles. The summed E-state index contributed by atoms with van der Waals surface area (Å²) in [4.78, 5) is 30.3. The van der Waals surface area contributed by atoms with Gasteiger partial charge in [-0.2, -0.15) is 0 Å². The first kappa shape index (κ1) is 22.3. The third-order valence-corrected chi connectivity index (χ3v) is 7.60. The fraction of sp³-hybridized carbons (Fsp3) is 0.680. The van der Waals surface area contributed by atoms with Crippen molar-refractivity contribution in [2.45, 2.75) is 77.4 Å². The Morgan fingerprint density at radius 1 is 1.13 bits per heavy atom. The second-order valence-corrected chi connectivity index (χ2v) is 10.0. The van der Waals surface area contributed by atoms with E-state index < -0.39 is 5.41 Å². The summed E-state index contributed by atoms with van der Waals surface area (Å²) in [7, 11) is 0. The molecule has 2 saturated heterocycles. The molecule has 0 radical (unpaired) electrons. The molecule has 3 fully saturated rings. The Balaban J connectivity index is 1.27. The van der Waals surface area contributed by atoms with E-state index in [0.29, 0.717) is 12.5 Å². The number of hydrogen-bond donors (Lipinski definition) is 1. The van der Waals surface area contributed by atoms with Crippen molar-refractivity contribution in [1.82, 2.24) is 15.1 Å². The van der Waals surface area contributed by atoms with E-state index in [1.807, 2.05) is 30.9 Å². The highest BCUT2D eigenvalue weighted by molar-refractivity contribution is 6.02. The molecule has 2 amide bonds. The van der Waals surface area contributed by atoms with E-state index in [4.69, 9.17) is 0 Å². The Labute approximate surface area is 185 Å². The van der Waals surface area contributed by atoms with Gasteiger partial charge in [-0.15, -0.1) is 0 Å². The molecule has 6 heteroatoms. The van der Waals surface area contributed by atoms with Crippen molar-refractivity contribution in [3.05, 3.63) is 35.6 Å². The van der Waals surface area contributed by atoms with Gasteiger partial charge >= 0.3 is 0 Å². The van der Waals surface area contributed by atoms with Crippen LogP contribution in [0.1, 0.15) is 64.4 Å². The van der Waals surface area contributed by atoms with Crippen LogP contribution in [0.15, 0.2) is 24.3 Å². The minimum absolute atomic E-state index is 0.0453. The normalized spacial score (nSPS) is 24.5. The Kier molecular flexibility index (Phi) is 6.65. The Bertz CT molecular complexity index is 780. The SMILES string of the molecule is CC(C)N1C(=O)C2(CCCCC2)C1C(=O)NCC1CCN(Cc2ccc(F)cc2)CC1. The third-order valence-electron chi connectivity index (χ3n) is 7.60. The van der Waals surface area contributed by atoms with Gasteiger partial charge in [0.1, 0.15) is 11.9 Å². The van der Waals surface area contributed by atoms with Gasteiger partial charge in [0, 0.05) is 19.1 Å². The molecule has 1 aromatic carbocycles. The van der Waals surface area contributed by atoms with Gasteiger partial charge in [0.25, 0.3) is 0 Å². The molecule has 2 aliphatic heterocycles. The monoisotopic (exact) mass is 429 g/mol. The lowest BCUT2D eigenvalue weighted by atomic mass is 9.61. The van der Waals surface area contributed by atoms with Crippen LogP contribution in [0, 0.1) is 17.2 Å². The van der Waals surface area contributed by atoms with Crippen molar-refractivity contribution in [3.8, 4) is 0 Å². The maximum absolute atomic E-state index is 13.2. The lowest BCUT2D eigenvalue weighted by Gasteiger charge is -2.58. The van der Waals surface area contributed by atoms with E-state index in [9.17, 15) is 14.0 Å². The summed E-state index contributed by atoms with van der Waals surface area (Å²) in [6, 6.07) is 6.50. The number of benzene rings is 1. The summed E-state index contributed by atoms with van der Waals surface area (Å²) < 4.78 is 13.1. The number of halogens is 1. The quantitative estimate of drug-likeness (QED) is 0.701. The van der Waals surface area contributed by atoms with Crippen LogP contribution >= 0.6 is 0 Å². The number of amides is 2. The Morgan fingerprint density at radius 2 is 1.77 bits per heavy atom. The number of carbonyl (C=O) groups is 2. The summed E-state index contributed by atoms with van der Waals surface area (Å²) in [5.41, 5.74) is 0.694. The fourth-order valence-electron chi connectivity index (χ4n) is 5.81. The number of piperidine rings is 1. The highest BCUT2D eigenvalue weighted by Crippen LogP contribution is 2.51. The van der Waals surface area contributed by atoms with E-state index in [-0.39, 0.29) is 29.7 Å². The second kappa shape index (κ2) is 9.27. The average Bonchev–Trinajstić information content (AvgIpc) is 2.78. The molecule has 170 valence electrons. The molecule has 0 aromatic heterocycles. The summed E-state index contributed by atoms with van der Waals surface area (Å²) in [6.45, 7) is 7.52. The zero-order valence-corrected chi connectivity index (χ0v) is 18.9. The van der Waals surface area contributed by atoms with E-state index in [2.05, 4.69) is 10.2 Å². The summed E-state index contributed by atoms with van der Waals surface area (Å²) in [5, 5.41) is 3.21. The first-order valence-electron chi connectivity index (χ1n) is 12.0. The smallest absolute Gasteiger partial charge is 0.243 e. The lowest BCUT2D eigenvalue weighted by Crippen LogP contribution is -2.75. The van der Waals surface area contributed by atoms with Crippen LogP contribution < -0.4 is 5.32 Å². The van der Waals surface area contributed by atoms with Crippen LogP contribution in [0.4, 0.5) is 4.39 Å². The fourth-order valence-corrected chi connectivity index (χ4v) is 5.81. The molecule has 0 bridgehead atoms. The van der Waals surface area contributed by atoms with Gasteiger partial charge in [0.05, 0.1) is 5.41 Å². The van der Waals surface area contributed by atoms with Crippen molar-refractivity contribution in [1.29, 1.82) is 0 Å². The molecular weight excluding hydrogens is 393 g/mol. The van der Waals surface area contributed by atoms with Crippen LogP contribution in [0.5, 0.6) is 0 Å². The van der Waals surface area contributed by atoms with Crippen LogP contribution in [0.3, 0.4) is 0 Å². The molecule has 1 unspecified atom stereocenters. The molecule has 4 rings (SSSR count). The molecule has 3 aliphatic rings. The van der Waals surface area contributed by atoms with Gasteiger partial charge in [-0.1, -0.05) is 31.4 Å². The topological polar surface area (TPSA) is 52.7 Å². The number of nitrogens with zero attached hydrogens (tertiary/aromatic N) is 2. The predicted octanol–water partition coefficient (Wildman–Crippen LogP) is 3.72. The number of likely N-dealkylation sites (tertiary alicyclic amines) is 2. The standard InChI is InChI=1S/C25H36FN3O2/c1-18(2)29-22(25(24(29)31)12-4-3-5-13-25)23(30)27-16-19-10-14-28(15-11-19)17-20-6-8-21(26)9-7-20/h6-9,18-19,22H,3-5,10-17H2,1-2H3,(H,27,30). The van der Waals surface area contributed by atoms with Crippen LogP contribution in [0.2, 0.25) is 0 Å². The minimum atomic E-state index is -0.439. The average molecular weight is 430 g/mol. The summed E-state index contributed by atoms with van der Waals surface area (Å²) in [6.07, 6.45) is 7.07. The lowest BCUT2D eigenvalue weighted by molar-refractivity contribution is -0.186. The number of hydrogen-bond acceptors (Lipinski definition) is 3. The van der Waals surface area contributed by atoms with Gasteiger partial charge in [-0.25, -0.2) is 4.39 Å². The number of nitrogens with one attached hydrogen (secondary N) is 1. The van der Waals surface area contributed by atoms with Crippen LogP contribution in [0.25, 0.3) is 0 Å². The van der Waals surface area contributed by atoms with Crippen molar-refractivity contribution < 1.29 is 14.0 Å². The molecule has 5 nitrogen and oxygen atoms in total. The zero-order valence-electron chi connectivity index (χ0n) is 18.9. The predicted molar refractivity (Wildman–Crippen MR) is 119 cm³/mol. The largest absolute Gasteiger partial charge is 0.354 e. The minimum Gasteiger partial charge on any atom is -0.354 e.